The Morgan fingerprint density at radius 1 is 1.13 bits per heavy atom. The molecule has 2 aromatic rings. The van der Waals surface area contributed by atoms with Crippen LogP contribution in [0.5, 0.6) is 5.88 Å². The van der Waals surface area contributed by atoms with Crippen LogP contribution in [0.1, 0.15) is 26.2 Å². The van der Waals surface area contributed by atoms with Crippen molar-refractivity contribution in [2.24, 2.45) is 0 Å². The third-order valence-corrected chi connectivity index (χ3v) is 6.52. The maximum absolute atomic E-state index is 14.2. The lowest BCUT2D eigenvalue weighted by Gasteiger charge is -2.37. The van der Waals surface area contributed by atoms with Gasteiger partial charge in [0.15, 0.2) is 5.82 Å². The van der Waals surface area contributed by atoms with Gasteiger partial charge in [0.2, 0.25) is 11.8 Å². The van der Waals surface area contributed by atoms with Crippen LogP contribution < -0.4 is 20.3 Å². The molecule has 2 aromatic heterocycles. The fraction of sp³-hybridized carbons (Fsp3) is 0.583. The predicted octanol–water partition coefficient (Wildman–Crippen LogP) is 2.39. The fourth-order valence-electron chi connectivity index (χ4n) is 4.43. The molecule has 0 aliphatic carbocycles. The molecule has 0 saturated carbocycles. The van der Waals surface area contributed by atoms with Crippen molar-refractivity contribution in [3.8, 4) is 5.88 Å². The second-order valence-electron chi connectivity index (χ2n) is 9.33. The van der Waals surface area contributed by atoms with Gasteiger partial charge in [0.25, 0.3) is 0 Å². The molecule has 0 unspecified atom stereocenters. The molecule has 0 bridgehead atoms. The van der Waals surface area contributed by atoms with Crippen LogP contribution in [-0.4, -0.2) is 107 Å². The number of hydrogen-bond acceptors (Lipinski definition) is 10. The number of anilines is 3. The van der Waals surface area contributed by atoms with E-state index in [0.29, 0.717) is 50.3 Å². The Morgan fingerprint density at radius 2 is 1.97 bits per heavy atom. The highest BCUT2D eigenvalue weighted by molar-refractivity contribution is 5.88. The molecule has 2 saturated heterocycles. The summed E-state index contributed by atoms with van der Waals surface area (Å²) in [5.41, 5.74) is 0. The molecule has 2 fully saturated rings. The number of carbonyl (C=O) groups is 2. The normalized spacial score (nSPS) is 21.9. The zero-order valence-corrected chi connectivity index (χ0v) is 21.8. The van der Waals surface area contributed by atoms with Crippen molar-refractivity contribution in [2.75, 3.05) is 62.4 Å². The number of urea groups is 1. The second-order valence-corrected chi connectivity index (χ2v) is 9.33. The maximum atomic E-state index is 14.2. The largest absolute Gasteiger partial charge is 0.477 e. The number of piperidine rings is 2. The lowest BCUT2D eigenvalue weighted by Crippen LogP contribution is -2.50. The smallest absolute Gasteiger partial charge is 0.413 e. The third kappa shape index (κ3) is 7.15. The van der Waals surface area contributed by atoms with Gasteiger partial charge in [0.05, 0.1) is 25.0 Å². The highest BCUT2D eigenvalue weighted by Crippen LogP contribution is 2.22. The summed E-state index contributed by atoms with van der Waals surface area (Å²) in [5, 5.41) is 5.33. The van der Waals surface area contributed by atoms with Crippen LogP contribution in [0.2, 0.25) is 0 Å². The lowest BCUT2D eigenvalue weighted by atomic mass is 10.1. The maximum Gasteiger partial charge on any atom is 0.413 e. The van der Waals surface area contributed by atoms with Crippen molar-refractivity contribution < 1.29 is 23.5 Å². The molecule has 0 aromatic carbocycles. The van der Waals surface area contributed by atoms with Gasteiger partial charge in [-0.1, -0.05) is 0 Å². The molecule has 2 aliphatic rings. The van der Waals surface area contributed by atoms with Gasteiger partial charge in [0, 0.05) is 45.8 Å². The summed E-state index contributed by atoms with van der Waals surface area (Å²) in [7, 11) is 3.55. The van der Waals surface area contributed by atoms with Crippen molar-refractivity contribution in [3.05, 3.63) is 24.7 Å². The van der Waals surface area contributed by atoms with Crippen molar-refractivity contribution in [2.45, 2.75) is 44.5 Å². The summed E-state index contributed by atoms with van der Waals surface area (Å²) >= 11 is 0. The van der Waals surface area contributed by atoms with E-state index in [9.17, 15) is 14.0 Å². The van der Waals surface area contributed by atoms with E-state index in [1.54, 1.807) is 18.0 Å². The highest BCUT2D eigenvalue weighted by Gasteiger charge is 2.31. The molecule has 0 spiro atoms. The van der Waals surface area contributed by atoms with Crippen LogP contribution in [-0.2, 0) is 4.74 Å². The van der Waals surface area contributed by atoms with Gasteiger partial charge in [0.1, 0.15) is 18.1 Å². The van der Waals surface area contributed by atoms with Crippen LogP contribution in [0.15, 0.2) is 24.7 Å². The number of hydrogen-bond donors (Lipinski definition) is 2. The van der Waals surface area contributed by atoms with E-state index in [1.807, 2.05) is 23.8 Å². The molecule has 3 atom stereocenters. The molecule has 38 heavy (non-hydrogen) atoms. The van der Waals surface area contributed by atoms with E-state index in [-0.39, 0.29) is 24.4 Å². The van der Waals surface area contributed by atoms with Crippen molar-refractivity contribution >= 4 is 29.7 Å². The van der Waals surface area contributed by atoms with Gasteiger partial charge < -0.3 is 24.2 Å². The summed E-state index contributed by atoms with van der Waals surface area (Å²) in [4.78, 5) is 47.7. The third-order valence-electron chi connectivity index (χ3n) is 6.52. The topological polar surface area (TPSA) is 138 Å². The number of alkyl halides is 1. The van der Waals surface area contributed by atoms with Gasteiger partial charge in [-0.05, 0) is 32.9 Å². The van der Waals surface area contributed by atoms with Crippen molar-refractivity contribution in [1.29, 1.82) is 0 Å². The molecule has 4 rings (SSSR count). The zero-order chi connectivity index (χ0) is 27.1. The quantitative estimate of drug-likeness (QED) is 0.548. The van der Waals surface area contributed by atoms with E-state index in [1.165, 1.54) is 18.6 Å². The van der Waals surface area contributed by atoms with Crippen LogP contribution in [0, 0.1) is 0 Å². The monoisotopic (exact) mass is 531 g/mol. The molecule has 2 N–H and O–H groups in total. The summed E-state index contributed by atoms with van der Waals surface area (Å²) in [5.74, 6) is 1.39. The van der Waals surface area contributed by atoms with Crippen LogP contribution >= 0.6 is 0 Å². The van der Waals surface area contributed by atoms with E-state index in [0.717, 1.165) is 12.8 Å². The molecule has 0 radical (unpaired) electrons. The average Bonchev–Trinajstić information content (AvgIpc) is 2.91. The number of likely N-dealkylation sites (N-methyl/N-ethyl adjacent to an activating group) is 1. The van der Waals surface area contributed by atoms with E-state index < -0.39 is 18.4 Å². The average molecular weight is 532 g/mol. The molecular weight excluding hydrogens is 497 g/mol. The summed E-state index contributed by atoms with van der Waals surface area (Å²) in [6.07, 6.45) is 3.73. The minimum absolute atomic E-state index is 0.101. The first-order valence-electron chi connectivity index (χ1n) is 12.7. The van der Waals surface area contributed by atoms with Gasteiger partial charge in [-0.2, -0.15) is 4.98 Å². The number of ether oxygens (including phenoxy) is 2. The number of aromatic nitrogens is 4. The first-order chi connectivity index (χ1) is 18.3. The number of nitrogens with one attached hydrogen (secondary N) is 2. The number of halogens is 1. The number of rotatable bonds is 7. The molecule has 13 nitrogen and oxygen atoms in total. The van der Waals surface area contributed by atoms with E-state index >= 15 is 0 Å². The Morgan fingerprint density at radius 3 is 2.71 bits per heavy atom. The van der Waals surface area contributed by atoms with Crippen molar-refractivity contribution in [1.82, 2.24) is 29.7 Å². The van der Waals surface area contributed by atoms with Crippen LogP contribution in [0.25, 0.3) is 0 Å². The number of nitrogens with zero attached hydrogens (tertiary/aromatic N) is 7. The SMILES string of the molecule is CCOc1cnc(NC(=O)N(C)[C@@H]2CCCN(c3nccc(NC(=O)O[C@@H]4CCN(C)C[C@H]4F)n3)C2)cn1. The Hall–Kier alpha value is -3.81. The Labute approximate surface area is 220 Å². The summed E-state index contributed by atoms with van der Waals surface area (Å²) in [6, 6.07) is 1.13. The first kappa shape index (κ1) is 27.2. The Balaban J connectivity index is 1.31. The van der Waals surface area contributed by atoms with Gasteiger partial charge in [-0.15, -0.1) is 0 Å². The minimum atomic E-state index is -1.23. The van der Waals surface area contributed by atoms with E-state index in [4.69, 9.17) is 9.47 Å². The van der Waals surface area contributed by atoms with Gasteiger partial charge in [-0.25, -0.2) is 28.9 Å². The second kappa shape index (κ2) is 12.6. The van der Waals surface area contributed by atoms with Crippen LogP contribution in [0.3, 0.4) is 0 Å². The number of amides is 3. The number of likely N-dealkylation sites (tertiary alicyclic amines) is 1. The number of carbonyl (C=O) groups excluding carboxylic acids is 2. The molecule has 3 amide bonds. The molecular formula is C24H34FN9O4. The first-order valence-corrected chi connectivity index (χ1v) is 12.7. The lowest BCUT2D eigenvalue weighted by molar-refractivity contribution is 0.00405. The molecule has 4 heterocycles. The van der Waals surface area contributed by atoms with E-state index in [2.05, 4.69) is 30.6 Å². The molecule has 206 valence electrons. The van der Waals surface area contributed by atoms with Gasteiger partial charge >= 0.3 is 12.1 Å². The highest BCUT2D eigenvalue weighted by atomic mass is 19.1. The van der Waals surface area contributed by atoms with Crippen LogP contribution in [0.4, 0.5) is 31.6 Å². The standard InChI is InChI=1S/C24H34FN9O4/c1-4-37-21-13-27-20(12-28-21)30-23(35)33(3)16-6-5-10-34(14-16)22-26-9-7-19(29-22)31-24(36)38-18-8-11-32(2)15-17(18)25/h7,9,12-13,16-18H,4-6,8,10-11,14-15H2,1-3H3,(H,27,30,35)(H,26,29,31,36)/t16-,17-,18-/m1/s1. The minimum Gasteiger partial charge on any atom is -0.477 e. The van der Waals surface area contributed by atoms with Gasteiger partial charge in [-0.3, -0.25) is 10.6 Å². The Bertz CT molecular complexity index is 1090. The Kier molecular flexibility index (Phi) is 9.05. The molecule has 2 aliphatic heterocycles. The van der Waals surface area contributed by atoms with Crippen molar-refractivity contribution in [3.63, 3.8) is 0 Å². The fourth-order valence-corrected chi connectivity index (χ4v) is 4.43. The zero-order valence-electron chi connectivity index (χ0n) is 21.8. The molecule has 14 heteroatoms. The predicted molar refractivity (Wildman–Crippen MR) is 138 cm³/mol. The summed E-state index contributed by atoms with van der Waals surface area (Å²) < 4.78 is 24.8. The summed E-state index contributed by atoms with van der Waals surface area (Å²) in [6.45, 7) is 4.42.